The van der Waals surface area contributed by atoms with Crippen LogP contribution in [0.4, 0.5) is 5.13 Å². The first-order chi connectivity index (χ1) is 13.6. The van der Waals surface area contributed by atoms with Gasteiger partial charge in [0.15, 0.2) is 16.7 Å². The fourth-order valence-electron chi connectivity index (χ4n) is 2.92. The van der Waals surface area contributed by atoms with Crippen LogP contribution in [0, 0.1) is 0 Å². The Hall–Kier alpha value is -2.13. The van der Waals surface area contributed by atoms with E-state index in [-0.39, 0.29) is 18.1 Å². The van der Waals surface area contributed by atoms with E-state index in [1.165, 1.54) is 42.4 Å². The van der Waals surface area contributed by atoms with E-state index in [9.17, 15) is 9.59 Å². The third-order valence-corrected chi connectivity index (χ3v) is 6.39. The molecule has 150 valence electrons. The van der Waals surface area contributed by atoms with Crippen molar-refractivity contribution in [2.45, 2.75) is 42.5 Å². The van der Waals surface area contributed by atoms with Gasteiger partial charge in [-0.15, -0.1) is 10.2 Å². The van der Waals surface area contributed by atoms with Crippen molar-refractivity contribution in [2.75, 3.05) is 24.8 Å². The summed E-state index contributed by atoms with van der Waals surface area (Å²) in [6, 6.07) is 7.14. The van der Waals surface area contributed by atoms with Crippen molar-refractivity contribution < 1.29 is 19.1 Å². The second-order valence-corrected chi connectivity index (χ2v) is 8.65. The van der Waals surface area contributed by atoms with Gasteiger partial charge in [-0.1, -0.05) is 42.4 Å². The molecule has 7 nitrogen and oxygen atoms in total. The normalized spacial score (nSPS) is 14.5. The molecule has 1 N–H and O–H groups in total. The molecule has 1 aromatic carbocycles. The number of methoxy groups -OCH3 is 1. The molecule has 1 saturated carbocycles. The Morgan fingerprint density at radius 3 is 2.64 bits per heavy atom. The molecular formula is C19H23N3O4S2. The molecule has 0 unspecified atom stereocenters. The number of ketones is 1. The summed E-state index contributed by atoms with van der Waals surface area (Å²) in [4.78, 5) is 24.0. The van der Waals surface area contributed by atoms with E-state index in [0.29, 0.717) is 21.7 Å². The lowest BCUT2D eigenvalue weighted by molar-refractivity contribution is -0.139. The van der Waals surface area contributed by atoms with Gasteiger partial charge in [-0.05, 0) is 37.1 Å². The number of nitrogens with one attached hydrogen (secondary N) is 1. The van der Waals surface area contributed by atoms with E-state index in [1.54, 1.807) is 31.4 Å². The van der Waals surface area contributed by atoms with Gasteiger partial charge in [-0.2, -0.15) is 0 Å². The van der Waals surface area contributed by atoms with Gasteiger partial charge >= 0.3 is 5.97 Å². The Labute approximate surface area is 172 Å². The fraction of sp³-hybridized carbons (Fsp3) is 0.474. The van der Waals surface area contributed by atoms with Crippen molar-refractivity contribution in [1.82, 2.24) is 10.2 Å². The number of esters is 1. The molecule has 0 bridgehead atoms. The third-order valence-electron chi connectivity index (χ3n) is 4.43. The topological polar surface area (TPSA) is 90.4 Å². The van der Waals surface area contributed by atoms with Crippen LogP contribution in [0.2, 0.25) is 0 Å². The number of benzene rings is 1. The molecule has 1 aromatic heterocycles. The van der Waals surface area contributed by atoms with Gasteiger partial charge in [0.05, 0.1) is 12.9 Å². The first-order valence-electron chi connectivity index (χ1n) is 9.20. The van der Waals surface area contributed by atoms with Crippen molar-refractivity contribution >= 4 is 40.0 Å². The Bertz CT molecular complexity index is 789. The van der Waals surface area contributed by atoms with Crippen LogP contribution in [0.15, 0.2) is 28.6 Å². The molecule has 0 atom stereocenters. The van der Waals surface area contributed by atoms with Gasteiger partial charge in [0.2, 0.25) is 5.13 Å². The molecule has 1 aliphatic carbocycles. The first kappa shape index (κ1) is 20.6. The Morgan fingerprint density at radius 2 is 1.93 bits per heavy atom. The van der Waals surface area contributed by atoms with Gasteiger partial charge in [-0.3, -0.25) is 9.59 Å². The molecule has 9 heteroatoms. The molecule has 28 heavy (non-hydrogen) atoms. The van der Waals surface area contributed by atoms with E-state index >= 15 is 0 Å². The quantitative estimate of drug-likeness (QED) is 0.371. The average Bonchev–Trinajstić information content (AvgIpc) is 3.18. The minimum Gasteiger partial charge on any atom is -0.497 e. The molecular weight excluding hydrogens is 398 g/mol. The van der Waals surface area contributed by atoms with Gasteiger partial charge in [0.25, 0.3) is 0 Å². The number of anilines is 1. The lowest BCUT2D eigenvalue weighted by Gasteiger charge is -2.21. The van der Waals surface area contributed by atoms with Gasteiger partial charge in [-0.25, -0.2) is 0 Å². The molecule has 0 radical (unpaired) electrons. The predicted octanol–water partition coefficient (Wildman–Crippen LogP) is 3.81. The Balaban J connectivity index is 1.38. The number of nitrogens with zero attached hydrogens (tertiary/aromatic N) is 2. The smallest absolute Gasteiger partial charge is 0.316 e. The zero-order chi connectivity index (χ0) is 19.8. The minimum atomic E-state index is -0.455. The summed E-state index contributed by atoms with van der Waals surface area (Å²) in [5, 5.41) is 12.4. The van der Waals surface area contributed by atoms with Crippen molar-refractivity contribution in [3.63, 3.8) is 0 Å². The molecule has 2 aromatic rings. The van der Waals surface area contributed by atoms with Crippen molar-refractivity contribution in [3.05, 3.63) is 29.8 Å². The number of aromatic nitrogens is 2. The van der Waals surface area contributed by atoms with Crippen LogP contribution in [0.1, 0.15) is 42.5 Å². The van der Waals surface area contributed by atoms with Crippen molar-refractivity contribution in [3.8, 4) is 5.75 Å². The highest BCUT2D eigenvalue weighted by atomic mass is 32.2. The summed E-state index contributed by atoms with van der Waals surface area (Å²) >= 11 is 2.70. The lowest BCUT2D eigenvalue weighted by atomic mass is 9.96. The molecule has 0 amide bonds. The predicted molar refractivity (Wildman–Crippen MR) is 109 cm³/mol. The molecule has 0 saturated heterocycles. The Morgan fingerprint density at radius 1 is 1.18 bits per heavy atom. The maximum Gasteiger partial charge on any atom is 0.316 e. The number of ether oxygens (including phenoxy) is 2. The summed E-state index contributed by atoms with van der Waals surface area (Å²) in [5.74, 6) is 0.0487. The van der Waals surface area contributed by atoms with Crippen LogP contribution in [-0.4, -0.2) is 47.5 Å². The van der Waals surface area contributed by atoms with Crippen LogP contribution < -0.4 is 10.1 Å². The zero-order valence-electron chi connectivity index (χ0n) is 15.7. The molecule has 1 aliphatic rings. The monoisotopic (exact) mass is 421 g/mol. The van der Waals surface area contributed by atoms with Gasteiger partial charge in [0, 0.05) is 11.6 Å². The summed E-state index contributed by atoms with van der Waals surface area (Å²) in [5.41, 5.74) is 0.476. The minimum absolute atomic E-state index is 0.0912. The maximum absolute atomic E-state index is 12.1. The highest BCUT2D eigenvalue weighted by Crippen LogP contribution is 2.28. The fourth-order valence-corrected chi connectivity index (χ4v) is 4.54. The zero-order valence-corrected chi connectivity index (χ0v) is 17.3. The van der Waals surface area contributed by atoms with Gasteiger partial charge < -0.3 is 14.8 Å². The summed E-state index contributed by atoms with van der Waals surface area (Å²) in [6.45, 7) is -0.281. The second kappa shape index (κ2) is 10.4. The Kier molecular flexibility index (Phi) is 7.67. The molecule has 0 spiro atoms. The number of rotatable bonds is 9. The van der Waals surface area contributed by atoms with Gasteiger partial charge in [0.1, 0.15) is 5.75 Å². The number of carbonyl (C=O) groups excluding carboxylic acids is 2. The van der Waals surface area contributed by atoms with E-state index < -0.39 is 5.97 Å². The second-order valence-electron chi connectivity index (χ2n) is 6.45. The third kappa shape index (κ3) is 6.20. The molecule has 1 heterocycles. The first-order valence-corrected chi connectivity index (χ1v) is 11.0. The summed E-state index contributed by atoms with van der Waals surface area (Å²) < 4.78 is 10.8. The highest BCUT2D eigenvalue weighted by molar-refractivity contribution is 8.01. The maximum atomic E-state index is 12.1. The molecule has 3 rings (SSSR count). The van der Waals surface area contributed by atoms with Crippen LogP contribution in [0.25, 0.3) is 0 Å². The number of carbonyl (C=O) groups is 2. The molecule has 1 fully saturated rings. The van der Waals surface area contributed by atoms with E-state index in [1.807, 2.05) is 0 Å². The summed E-state index contributed by atoms with van der Waals surface area (Å²) in [7, 11) is 1.56. The van der Waals surface area contributed by atoms with E-state index in [2.05, 4.69) is 15.5 Å². The van der Waals surface area contributed by atoms with Crippen molar-refractivity contribution in [2.24, 2.45) is 0 Å². The van der Waals surface area contributed by atoms with E-state index in [0.717, 1.165) is 18.0 Å². The SMILES string of the molecule is COc1ccc(C(=O)COC(=O)CSc2nnc(NC3CCCCC3)s2)cc1. The van der Waals surface area contributed by atoms with Crippen LogP contribution >= 0.6 is 23.1 Å². The molecule has 0 aliphatic heterocycles. The van der Waals surface area contributed by atoms with Crippen molar-refractivity contribution in [1.29, 1.82) is 0 Å². The largest absolute Gasteiger partial charge is 0.497 e. The summed E-state index contributed by atoms with van der Waals surface area (Å²) in [6.07, 6.45) is 6.13. The van der Waals surface area contributed by atoms with Crippen LogP contribution in [-0.2, 0) is 9.53 Å². The highest BCUT2D eigenvalue weighted by Gasteiger charge is 2.16. The van der Waals surface area contributed by atoms with Crippen LogP contribution in [0.5, 0.6) is 5.75 Å². The number of Topliss-reactive ketones (excluding diaryl/α,β-unsaturated/α-hetero) is 1. The number of hydrogen-bond acceptors (Lipinski definition) is 9. The number of thioether (sulfide) groups is 1. The van der Waals surface area contributed by atoms with Crippen LogP contribution in [0.3, 0.4) is 0 Å². The number of hydrogen-bond donors (Lipinski definition) is 1. The standard InChI is InChI=1S/C19H23N3O4S2/c1-25-15-9-7-13(8-10-15)16(23)11-26-17(24)12-27-19-22-21-18(28-19)20-14-5-3-2-4-6-14/h7-10,14H,2-6,11-12H2,1H3,(H,20,21). The lowest BCUT2D eigenvalue weighted by Crippen LogP contribution is -2.21. The van der Waals surface area contributed by atoms with E-state index in [4.69, 9.17) is 9.47 Å². The average molecular weight is 422 g/mol.